The predicted molar refractivity (Wildman–Crippen MR) is 76.5 cm³/mol. The lowest BCUT2D eigenvalue weighted by molar-refractivity contribution is -0.0473. The van der Waals surface area contributed by atoms with Crippen LogP contribution < -0.4 is 11.3 Å². The second-order valence-electron chi connectivity index (χ2n) is 4.61. The van der Waals surface area contributed by atoms with Gasteiger partial charge in [-0.05, 0) is 30.9 Å². The zero-order valence-corrected chi connectivity index (χ0v) is 12.4. The first-order valence-electron chi connectivity index (χ1n) is 6.48. The lowest BCUT2D eigenvalue weighted by atomic mass is 9.84. The van der Waals surface area contributed by atoms with Crippen LogP contribution in [0.3, 0.4) is 0 Å². The first kappa shape index (κ1) is 16.4. The molecule has 0 saturated carbocycles. The highest BCUT2D eigenvalue weighted by atomic mass is 35.5. The number of hydrogen-bond donors (Lipinski definition) is 2. The predicted octanol–water partition coefficient (Wildman–Crippen LogP) is 3.06. The van der Waals surface area contributed by atoms with Gasteiger partial charge in [0.15, 0.2) is 0 Å². The van der Waals surface area contributed by atoms with Crippen LogP contribution in [0.4, 0.5) is 4.39 Å². The van der Waals surface area contributed by atoms with Crippen molar-refractivity contribution in [1.82, 2.24) is 5.43 Å². The summed E-state index contributed by atoms with van der Waals surface area (Å²) in [6, 6.07) is 4.67. The standard InChI is InChI=1S/C14H22ClFN2O/c1-4-14(5-2,19-3)12(18-17)9-10-7-6-8-11(16)13(10)15/h6-8,12,18H,4-5,9,17H2,1-3H3. The van der Waals surface area contributed by atoms with E-state index in [-0.39, 0.29) is 16.7 Å². The minimum absolute atomic E-state index is 0.133. The minimum atomic E-state index is -0.411. The number of nitrogens with one attached hydrogen (secondary N) is 1. The molecule has 0 aromatic heterocycles. The Balaban J connectivity index is 3.02. The summed E-state index contributed by atoms with van der Waals surface area (Å²) < 4.78 is 19.1. The number of nitrogens with two attached hydrogens (primary N) is 1. The molecule has 1 aromatic rings. The molecule has 0 aliphatic rings. The van der Waals surface area contributed by atoms with Gasteiger partial charge >= 0.3 is 0 Å². The molecule has 1 atom stereocenters. The number of hydrogen-bond acceptors (Lipinski definition) is 3. The van der Waals surface area contributed by atoms with Gasteiger partial charge in [-0.25, -0.2) is 4.39 Å². The molecule has 0 radical (unpaired) electrons. The number of rotatable bonds is 7. The van der Waals surface area contributed by atoms with Gasteiger partial charge in [-0.15, -0.1) is 0 Å². The Bertz CT molecular complexity index is 402. The Morgan fingerprint density at radius 1 is 1.42 bits per heavy atom. The highest BCUT2D eigenvalue weighted by Gasteiger charge is 2.35. The van der Waals surface area contributed by atoms with E-state index >= 15 is 0 Å². The quantitative estimate of drug-likeness (QED) is 0.599. The maximum atomic E-state index is 13.5. The van der Waals surface area contributed by atoms with Crippen molar-refractivity contribution in [2.24, 2.45) is 5.84 Å². The SMILES string of the molecule is CCC(CC)(OC)C(Cc1cccc(F)c1Cl)NN. The van der Waals surface area contributed by atoms with Gasteiger partial charge in [0.1, 0.15) is 5.82 Å². The van der Waals surface area contributed by atoms with Gasteiger partial charge in [0, 0.05) is 7.11 Å². The van der Waals surface area contributed by atoms with Crippen molar-refractivity contribution in [2.75, 3.05) is 7.11 Å². The summed E-state index contributed by atoms with van der Waals surface area (Å²) >= 11 is 5.99. The van der Waals surface area contributed by atoms with E-state index in [1.165, 1.54) is 6.07 Å². The lowest BCUT2D eigenvalue weighted by Crippen LogP contribution is -2.55. The monoisotopic (exact) mass is 288 g/mol. The van der Waals surface area contributed by atoms with Gasteiger partial charge in [0.05, 0.1) is 16.7 Å². The van der Waals surface area contributed by atoms with E-state index in [2.05, 4.69) is 5.43 Å². The molecule has 0 heterocycles. The van der Waals surface area contributed by atoms with Gasteiger partial charge in [0.2, 0.25) is 0 Å². The fourth-order valence-corrected chi connectivity index (χ4v) is 2.70. The van der Waals surface area contributed by atoms with Crippen molar-refractivity contribution in [3.63, 3.8) is 0 Å². The van der Waals surface area contributed by atoms with Gasteiger partial charge in [-0.3, -0.25) is 11.3 Å². The molecular formula is C14H22ClFN2O. The molecule has 1 rings (SSSR count). The van der Waals surface area contributed by atoms with E-state index in [9.17, 15) is 4.39 Å². The van der Waals surface area contributed by atoms with E-state index in [0.29, 0.717) is 6.42 Å². The average Bonchev–Trinajstić information content (AvgIpc) is 2.44. The highest BCUT2D eigenvalue weighted by Crippen LogP contribution is 2.29. The second kappa shape index (κ2) is 7.20. The van der Waals surface area contributed by atoms with Gasteiger partial charge in [0.25, 0.3) is 0 Å². The summed E-state index contributed by atoms with van der Waals surface area (Å²) in [5.41, 5.74) is 3.13. The number of benzene rings is 1. The van der Waals surface area contributed by atoms with Crippen molar-refractivity contribution in [3.05, 3.63) is 34.6 Å². The Kier molecular flexibility index (Phi) is 6.20. The van der Waals surface area contributed by atoms with Crippen LogP contribution in [-0.4, -0.2) is 18.8 Å². The highest BCUT2D eigenvalue weighted by molar-refractivity contribution is 6.31. The molecule has 108 valence electrons. The molecule has 1 unspecified atom stereocenters. The van der Waals surface area contributed by atoms with Gasteiger partial charge in [-0.2, -0.15) is 0 Å². The molecule has 3 nitrogen and oxygen atoms in total. The summed E-state index contributed by atoms with van der Waals surface area (Å²) in [4.78, 5) is 0. The van der Waals surface area contributed by atoms with Gasteiger partial charge in [-0.1, -0.05) is 37.6 Å². The summed E-state index contributed by atoms with van der Waals surface area (Å²) in [5.74, 6) is 5.24. The first-order chi connectivity index (χ1) is 9.04. The summed E-state index contributed by atoms with van der Waals surface area (Å²) in [5, 5.41) is 0.153. The molecule has 3 N–H and O–H groups in total. The fourth-order valence-electron chi connectivity index (χ4n) is 2.50. The Hall–Kier alpha value is -0.680. The van der Waals surface area contributed by atoms with Crippen LogP contribution in [0, 0.1) is 5.82 Å². The number of methoxy groups -OCH3 is 1. The molecular weight excluding hydrogens is 267 g/mol. The van der Waals surface area contributed by atoms with E-state index in [4.69, 9.17) is 22.2 Å². The molecule has 0 aliphatic carbocycles. The molecule has 19 heavy (non-hydrogen) atoms. The fraction of sp³-hybridized carbons (Fsp3) is 0.571. The third-order valence-corrected chi connectivity index (χ3v) is 4.32. The molecule has 1 aromatic carbocycles. The van der Waals surface area contributed by atoms with Crippen molar-refractivity contribution in [3.8, 4) is 0 Å². The normalized spacial score (nSPS) is 13.6. The largest absolute Gasteiger partial charge is 0.377 e. The molecule has 0 aliphatic heterocycles. The first-order valence-corrected chi connectivity index (χ1v) is 6.86. The number of halogens is 2. The summed E-state index contributed by atoms with van der Waals surface area (Å²) in [7, 11) is 1.67. The second-order valence-corrected chi connectivity index (χ2v) is 4.99. The van der Waals surface area contributed by atoms with E-state index < -0.39 is 5.82 Å². The topological polar surface area (TPSA) is 47.3 Å². The molecule has 0 saturated heterocycles. The van der Waals surface area contributed by atoms with Crippen LogP contribution in [-0.2, 0) is 11.2 Å². The minimum Gasteiger partial charge on any atom is -0.377 e. The summed E-state index contributed by atoms with van der Waals surface area (Å²) in [6.45, 7) is 4.09. The molecule has 0 spiro atoms. The van der Waals surface area contributed by atoms with Crippen molar-refractivity contribution in [2.45, 2.75) is 44.8 Å². The van der Waals surface area contributed by atoms with E-state index in [1.54, 1.807) is 13.2 Å². The van der Waals surface area contributed by atoms with Gasteiger partial charge < -0.3 is 4.74 Å². The average molecular weight is 289 g/mol. The van der Waals surface area contributed by atoms with Crippen molar-refractivity contribution in [1.29, 1.82) is 0 Å². The van der Waals surface area contributed by atoms with Crippen LogP contribution in [0.1, 0.15) is 32.3 Å². The third kappa shape index (κ3) is 3.45. The summed E-state index contributed by atoms with van der Waals surface area (Å²) in [6.07, 6.45) is 2.13. The molecule has 0 fully saturated rings. The van der Waals surface area contributed by atoms with Crippen LogP contribution in [0.5, 0.6) is 0 Å². The zero-order valence-electron chi connectivity index (χ0n) is 11.7. The number of ether oxygens (including phenoxy) is 1. The molecule has 5 heteroatoms. The third-order valence-electron chi connectivity index (χ3n) is 3.90. The zero-order chi connectivity index (χ0) is 14.5. The van der Waals surface area contributed by atoms with E-state index in [1.807, 2.05) is 19.9 Å². The van der Waals surface area contributed by atoms with Crippen molar-refractivity contribution >= 4 is 11.6 Å². The molecule has 0 bridgehead atoms. The number of hydrazine groups is 1. The lowest BCUT2D eigenvalue weighted by Gasteiger charge is -2.38. The van der Waals surface area contributed by atoms with Crippen LogP contribution >= 0.6 is 11.6 Å². The maximum absolute atomic E-state index is 13.5. The molecule has 0 amide bonds. The maximum Gasteiger partial charge on any atom is 0.142 e. The Morgan fingerprint density at radius 3 is 2.53 bits per heavy atom. The Labute approximate surface area is 119 Å². The Morgan fingerprint density at radius 2 is 2.05 bits per heavy atom. The smallest absolute Gasteiger partial charge is 0.142 e. The van der Waals surface area contributed by atoms with E-state index in [0.717, 1.165) is 18.4 Å². The van der Waals surface area contributed by atoms with Crippen molar-refractivity contribution < 1.29 is 9.13 Å². The van der Waals surface area contributed by atoms with Crippen LogP contribution in [0.15, 0.2) is 18.2 Å². The van der Waals surface area contributed by atoms with Crippen LogP contribution in [0.2, 0.25) is 5.02 Å². The van der Waals surface area contributed by atoms with Crippen LogP contribution in [0.25, 0.3) is 0 Å².